The first-order chi connectivity index (χ1) is 8.75. The molecular weight excluding hydrogens is 224 g/mol. The van der Waals surface area contributed by atoms with E-state index in [1.54, 1.807) is 0 Å². The molecule has 0 saturated carbocycles. The number of hydrogen-bond donors (Lipinski definition) is 0. The van der Waals surface area contributed by atoms with E-state index in [4.69, 9.17) is 4.74 Å². The lowest BCUT2D eigenvalue weighted by Crippen LogP contribution is -2.46. The van der Waals surface area contributed by atoms with Gasteiger partial charge in [0.2, 0.25) is 0 Å². The van der Waals surface area contributed by atoms with Crippen LogP contribution in [0.15, 0.2) is 30.3 Å². The Kier molecular flexibility index (Phi) is 5.17. The number of ether oxygens (including phenoxy) is 1. The lowest BCUT2D eigenvalue weighted by atomic mass is 10.2. The van der Waals surface area contributed by atoms with E-state index in [2.05, 4.69) is 54.1 Å². The molecular formula is C15H24N2O. The van der Waals surface area contributed by atoms with Crippen LogP contribution in [-0.4, -0.2) is 55.7 Å². The molecule has 1 aliphatic heterocycles. The van der Waals surface area contributed by atoms with Gasteiger partial charge in [-0.05, 0) is 19.5 Å². The Hall–Kier alpha value is -0.900. The van der Waals surface area contributed by atoms with Gasteiger partial charge < -0.3 is 9.64 Å². The van der Waals surface area contributed by atoms with Crippen LogP contribution in [-0.2, 0) is 11.3 Å². The fraction of sp³-hybridized carbons (Fsp3) is 0.600. The van der Waals surface area contributed by atoms with Gasteiger partial charge >= 0.3 is 0 Å². The molecule has 1 heterocycles. The molecule has 0 spiro atoms. The Morgan fingerprint density at radius 3 is 2.56 bits per heavy atom. The van der Waals surface area contributed by atoms with Crippen LogP contribution in [0.25, 0.3) is 0 Å². The minimum atomic E-state index is 0.600. The van der Waals surface area contributed by atoms with Crippen LogP contribution in [0.3, 0.4) is 0 Å². The molecule has 0 amide bonds. The third-order valence-electron chi connectivity index (χ3n) is 3.54. The van der Waals surface area contributed by atoms with Crippen molar-refractivity contribution in [1.82, 2.24) is 9.80 Å². The van der Waals surface area contributed by atoms with E-state index in [1.807, 2.05) is 0 Å². The van der Waals surface area contributed by atoms with E-state index in [-0.39, 0.29) is 0 Å². The van der Waals surface area contributed by atoms with Crippen LogP contribution < -0.4 is 0 Å². The van der Waals surface area contributed by atoms with Crippen LogP contribution >= 0.6 is 0 Å². The van der Waals surface area contributed by atoms with E-state index in [1.165, 1.54) is 5.56 Å². The van der Waals surface area contributed by atoms with E-state index >= 15 is 0 Å². The number of rotatable bonds is 5. The largest absolute Gasteiger partial charge is 0.379 e. The predicted octanol–water partition coefficient (Wildman–Crippen LogP) is 1.84. The molecule has 1 unspecified atom stereocenters. The van der Waals surface area contributed by atoms with Gasteiger partial charge in [0.15, 0.2) is 0 Å². The molecule has 0 bridgehead atoms. The molecule has 3 nitrogen and oxygen atoms in total. The second kappa shape index (κ2) is 6.88. The van der Waals surface area contributed by atoms with Crippen LogP contribution in [0.4, 0.5) is 0 Å². The maximum atomic E-state index is 5.40. The smallest absolute Gasteiger partial charge is 0.0594 e. The Bertz CT molecular complexity index is 336. The summed E-state index contributed by atoms with van der Waals surface area (Å²) in [7, 11) is 2.20. The highest BCUT2D eigenvalue weighted by atomic mass is 16.5. The van der Waals surface area contributed by atoms with Gasteiger partial charge in [-0.25, -0.2) is 0 Å². The molecule has 1 atom stereocenters. The van der Waals surface area contributed by atoms with Gasteiger partial charge in [-0.15, -0.1) is 0 Å². The number of hydrogen-bond acceptors (Lipinski definition) is 3. The maximum Gasteiger partial charge on any atom is 0.0594 e. The average Bonchev–Trinajstić information content (AvgIpc) is 2.40. The molecule has 1 saturated heterocycles. The van der Waals surface area contributed by atoms with Crippen LogP contribution in [0.2, 0.25) is 0 Å². The SMILES string of the molecule is CC(CN(C)Cc1ccccc1)N1CCOCC1. The summed E-state index contributed by atoms with van der Waals surface area (Å²) in [6.45, 7) is 8.34. The summed E-state index contributed by atoms with van der Waals surface area (Å²) in [6, 6.07) is 11.3. The summed E-state index contributed by atoms with van der Waals surface area (Å²) < 4.78 is 5.40. The number of benzene rings is 1. The van der Waals surface area contributed by atoms with Gasteiger partial charge in [0.1, 0.15) is 0 Å². The molecule has 0 N–H and O–H groups in total. The van der Waals surface area contributed by atoms with E-state index in [0.29, 0.717) is 6.04 Å². The molecule has 3 heteroatoms. The minimum Gasteiger partial charge on any atom is -0.379 e. The molecule has 0 radical (unpaired) electrons. The topological polar surface area (TPSA) is 15.7 Å². The normalized spacial score (nSPS) is 19.1. The first kappa shape index (κ1) is 13.5. The maximum absolute atomic E-state index is 5.40. The third-order valence-corrected chi connectivity index (χ3v) is 3.54. The highest BCUT2D eigenvalue weighted by Crippen LogP contribution is 2.07. The van der Waals surface area contributed by atoms with Crippen LogP contribution in [0.5, 0.6) is 0 Å². The van der Waals surface area contributed by atoms with Gasteiger partial charge in [0.05, 0.1) is 13.2 Å². The molecule has 0 aromatic heterocycles. The molecule has 1 aromatic carbocycles. The highest BCUT2D eigenvalue weighted by Gasteiger charge is 2.18. The first-order valence-corrected chi connectivity index (χ1v) is 6.80. The van der Waals surface area contributed by atoms with Gasteiger partial charge in [0, 0.05) is 32.2 Å². The monoisotopic (exact) mass is 248 g/mol. The number of morpholine rings is 1. The zero-order valence-electron chi connectivity index (χ0n) is 11.5. The zero-order chi connectivity index (χ0) is 12.8. The van der Waals surface area contributed by atoms with E-state index in [0.717, 1.165) is 39.4 Å². The van der Waals surface area contributed by atoms with E-state index in [9.17, 15) is 0 Å². The molecule has 1 fully saturated rings. The van der Waals surface area contributed by atoms with Crippen molar-refractivity contribution in [3.63, 3.8) is 0 Å². The molecule has 2 rings (SSSR count). The van der Waals surface area contributed by atoms with Crippen LogP contribution in [0, 0.1) is 0 Å². The Balaban J connectivity index is 1.77. The summed E-state index contributed by atoms with van der Waals surface area (Å²) in [4.78, 5) is 4.92. The first-order valence-electron chi connectivity index (χ1n) is 6.80. The molecule has 100 valence electrons. The van der Waals surface area contributed by atoms with Gasteiger partial charge in [-0.3, -0.25) is 4.90 Å². The molecule has 18 heavy (non-hydrogen) atoms. The Morgan fingerprint density at radius 1 is 1.22 bits per heavy atom. The quantitative estimate of drug-likeness (QED) is 0.791. The van der Waals surface area contributed by atoms with Crippen molar-refractivity contribution in [2.24, 2.45) is 0 Å². The molecule has 0 aliphatic carbocycles. The van der Waals surface area contributed by atoms with Gasteiger partial charge in [-0.2, -0.15) is 0 Å². The minimum absolute atomic E-state index is 0.600. The Labute approximate surface area is 110 Å². The zero-order valence-corrected chi connectivity index (χ0v) is 11.5. The second-order valence-corrected chi connectivity index (χ2v) is 5.18. The van der Waals surface area contributed by atoms with Gasteiger partial charge in [-0.1, -0.05) is 30.3 Å². The van der Waals surface area contributed by atoms with Crippen molar-refractivity contribution in [3.05, 3.63) is 35.9 Å². The van der Waals surface area contributed by atoms with Crippen molar-refractivity contribution >= 4 is 0 Å². The number of nitrogens with zero attached hydrogens (tertiary/aromatic N) is 2. The summed E-state index contributed by atoms with van der Waals surface area (Å²) in [5.74, 6) is 0. The summed E-state index contributed by atoms with van der Waals surface area (Å²) >= 11 is 0. The predicted molar refractivity (Wildman–Crippen MR) is 74.6 cm³/mol. The average molecular weight is 248 g/mol. The van der Waals surface area contributed by atoms with Gasteiger partial charge in [0.25, 0.3) is 0 Å². The highest BCUT2D eigenvalue weighted by molar-refractivity contribution is 5.14. The summed E-state index contributed by atoms with van der Waals surface area (Å²) in [5, 5.41) is 0. The van der Waals surface area contributed by atoms with Crippen molar-refractivity contribution in [2.45, 2.75) is 19.5 Å². The van der Waals surface area contributed by atoms with Crippen molar-refractivity contribution in [2.75, 3.05) is 39.9 Å². The second-order valence-electron chi connectivity index (χ2n) is 5.18. The molecule has 1 aromatic rings. The number of likely N-dealkylation sites (N-methyl/N-ethyl adjacent to an activating group) is 1. The summed E-state index contributed by atoms with van der Waals surface area (Å²) in [5.41, 5.74) is 1.38. The van der Waals surface area contributed by atoms with Crippen molar-refractivity contribution in [3.8, 4) is 0 Å². The van der Waals surface area contributed by atoms with Crippen molar-refractivity contribution in [1.29, 1.82) is 0 Å². The fourth-order valence-electron chi connectivity index (χ4n) is 2.54. The van der Waals surface area contributed by atoms with Crippen molar-refractivity contribution < 1.29 is 4.74 Å². The lowest BCUT2D eigenvalue weighted by molar-refractivity contribution is 0.0137. The van der Waals surface area contributed by atoms with Crippen LogP contribution in [0.1, 0.15) is 12.5 Å². The third kappa shape index (κ3) is 4.09. The van der Waals surface area contributed by atoms with E-state index < -0.39 is 0 Å². The standard InChI is InChI=1S/C15H24N2O/c1-14(17-8-10-18-11-9-17)12-16(2)13-15-6-4-3-5-7-15/h3-7,14H,8-13H2,1-2H3. The summed E-state index contributed by atoms with van der Waals surface area (Å²) in [6.07, 6.45) is 0. The lowest BCUT2D eigenvalue weighted by Gasteiger charge is -2.34. The fourth-order valence-corrected chi connectivity index (χ4v) is 2.54. The molecule has 1 aliphatic rings. The Morgan fingerprint density at radius 2 is 1.89 bits per heavy atom.